The number of ether oxygens (including phenoxy) is 2. The van der Waals surface area contributed by atoms with E-state index in [0.717, 1.165) is 43.6 Å². The van der Waals surface area contributed by atoms with E-state index >= 15 is 0 Å². The molecule has 0 spiro atoms. The highest BCUT2D eigenvalue weighted by molar-refractivity contribution is 5.40. The van der Waals surface area contributed by atoms with Crippen LogP contribution in [0.2, 0.25) is 0 Å². The van der Waals surface area contributed by atoms with Crippen LogP contribution in [0.1, 0.15) is 45.6 Å². The Kier molecular flexibility index (Phi) is 5.72. The average molecular weight is 277 g/mol. The van der Waals surface area contributed by atoms with Crippen molar-refractivity contribution < 1.29 is 9.47 Å². The molecule has 0 bridgehead atoms. The molecule has 0 amide bonds. The van der Waals surface area contributed by atoms with Crippen molar-refractivity contribution >= 4 is 0 Å². The fraction of sp³-hybridized carbons (Fsp3) is 0.647. The van der Waals surface area contributed by atoms with Crippen LogP contribution >= 0.6 is 0 Å². The largest absolute Gasteiger partial charge is 0.493 e. The number of rotatable bonds is 9. The molecule has 2 rings (SSSR count). The highest BCUT2D eigenvalue weighted by atomic mass is 16.5. The van der Waals surface area contributed by atoms with Crippen molar-refractivity contribution in [3.05, 3.63) is 23.8 Å². The number of benzene rings is 1. The summed E-state index contributed by atoms with van der Waals surface area (Å²) < 4.78 is 11.7. The summed E-state index contributed by atoms with van der Waals surface area (Å²) in [6, 6.07) is 6.66. The van der Waals surface area contributed by atoms with Crippen LogP contribution in [0.15, 0.2) is 18.2 Å². The van der Waals surface area contributed by atoms with E-state index in [1.54, 1.807) is 0 Å². The Morgan fingerprint density at radius 2 is 2.05 bits per heavy atom. The van der Waals surface area contributed by atoms with Crippen LogP contribution in [0.4, 0.5) is 0 Å². The Bertz CT molecular complexity index is 413. The first-order chi connectivity index (χ1) is 9.69. The second-order valence-electron chi connectivity index (χ2n) is 5.91. The predicted molar refractivity (Wildman–Crippen MR) is 82.4 cm³/mol. The van der Waals surface area contributed by atoms with E-state index in [9.17, 15) is 0 Å². The zero-order chi connectivity index (χ0) is 14.4. The molecular weight excluding hydrogens is 250 g/mol. The summed E-state index contributed by atoms with van der Waals surface area (Å²) >= 11 is 0. The maximum absolute atomic E-state index is 5.99. The van der Waals surface area contributed by atoms with Crippen molar-refractivity contribution in [2.24, 2.45) is 5.92 Å². The van der Waals surface area contributed by atoms with Gasteiger partial charge in [-0.15, -0.1) is 0 Å². The van der Waals surface area contributed by atoms with Gasteiger partial charge in [-0.1, -0.05) is 26.8 Å². The molecule has 0 radical (unpaired) electrons. The third kappa shape index (κ3) is 5.04. The summed E-state index contributed by atoms with van der Waals surface area (Å²) in [6.45, 7) is 8.86. The first-order valence-electron chi connectivity index (χ1n) is 7.81. The first kappa shape index (κ1) is 15.2. The summed E-state index contributed by atoms with van der Waals surface area (Å²) in [7, 11) is 0. The minimum Gasteiger partial charge on any atom is -0.493 e. The van der Waals surface area contributed by atoms with Crippen molar-refractivity contribution in [3.8, 4) is 11.5 Å². The molecule has 3 nitrogen and oxygen atoms in total. The standard InChI is InChI=1S/C17H27NO2/c1-4-9-19-16-8-7-15(11-18-13(2)3)17(10-16)20-12-14-5-6-14/h7-8,10,13-14,18H,4-6,9,11-12H2,1-3H3. The van der Waals surface area contributed by atoms with E-state index in [4.69, 9.17) is 9.47 Å². The smallest absolute Gasteiger partial charge is 0.127 e. The topological polar surface area (TPSA) is 30.5 Å². The van der Waals surface area contributed by atoms with Crippen molar-refractivity contribution in [2.45, 2.75) is 52.6 Å². The van der Waals surface area contributed by atoms with Gasteiger partial charge in [0.15, 0.2) is 0 Å². The molecule has 0 aliphatic heterocycles. The minimum absolute atomic E-state index is 0.474. The molecule has 0 atom stereocenters. The number of hydrogen-bond donors (Lipinski definition) is 1. The molecule has 1 aliphatic rings. The molecule has 1 aliphatic carbocycles. The normalized spacial score (nSPS) is 14.6. The maximum atomic E-state index is 5.99. The van der Waals surface area contributed by atoms with Crippen molar-refractivity contribution in [1.82, 2.24) is 5.32 Å². The Morgan fingerprint density at radius 1 is 1.25 bits per heavy atom. The highest BCUT2D eigenvalue weighted by Crippen LogP contribution is 2.31. The van der Waals surface area contributed by atoms with Crippen LogP contribution in [0.5, 0.6) is 11.5 Å². The van der Waals surface area contributed by atoms with Gasteiger partial charge in [-0.2, -0.15) is 0 Å². The fourth-order valence-electron chi connectivity index (χ4n) is 1.93. The van der Waals surface area contributed by atoms with Crippen LogP contribution in [0.25, 0.3) is 0 Å². The summed E-state index contributed by atoms with van der Waals surface area (Å²) in [4.78, 5) is 0. The molecular formula is C17H27NO2. The van der Waals surface area contributed by atoms with Gasteiger partial charge in [-0.25, -0.2) is 0 Å². The van der Waals surface area contributed by atoms with E-state index in [2.05, 4.69) is 32.2 Å². The Hall–Kier alpha value is -1.22. The lowest BCUT2D eigenvalue weighted by Gasteiger charge is -2.15. The Balaban J connectivity index is 2.02. The monoisotopic (exact) mass is 277 g/mol. The van der Waals surface area contributed by atoms with E-state index in [1.807, 2.05) is 12.1 Å². The summed E-state index contributed by atoms with van der Waals surface area (Å²) in [5.74, 6) is 2.64. The van der Waals surface area contributed by atoms with Gasteiger partial charge in [0.2, 0.25) is 0 Å². The molecule has 1 aromatic rings. The molecule has 1 N–H and O–H groups in total. The highest BCUT2D eigenvalue weighted by Gasteiger charge is 2.22. The van der Waals surface area contributed by atoms with E-state index in [-0.39, 0.29) is 0 Å². The molecule has 112 valence electrons. The first-order valence-corrected chi connectivity index (χ1v) is 7.81. The molecule has 0 unspecified atom stereocenters. The quantitative estimate of drug-likeness (QED) is 0.745. The maximum Gasteiger partial charge on any atom is 0.127 e. The third-order valence-corrected chi connectivity index (χ3v) is 3.38. The van der Waals surface area contributed by atoms with Gasteiger partial charge in [-0.05, 0) is 31.2 Å². The van der Waals surface area contributed by atoms with Gasteiger partial charge < -0.3 is 14.8 Å². The lowest BCUT2D eigenvalue weighted by Crippen LogP contribution is -2.22. The SMILES string of the molecule is CCCOc1ccc(CNC(C)C)c(OCC2CC2)c1. The van der Waals surface area contributed by atoms with Gasteiger partial charge >= 0.3 is 0 Å². The van der Waals surface area contributed by atoms with Gasteiger partial charge in [0.1, 0.15) is 11.5 Å². The van der Waals surface area contributed by atoms with Gasteiger partial charge in [0, 0.05) is 24.2 Å². The molecule has 20 heavy (non-hydrogen) atoms. The van der Waals surface area contributed by atoms with Gasteiger partial charge in [0.25, 0.3) is 0 Å². The molecule has 3 heteroatoms. The Morgan fingerprint density at radius 3 is 2.70 bits per heavy atom. The van der Waals surface area contributed by atoms with Crippen LogP contribution in [-0.4, -0.2) is 19.3 Å². The molecule has 1 aromatic carbocycles. The molecule has 1 saturated carbocycles. The number of nitrogens with one attached hydrogen (secondary N) is 1. The molecule has 0 saturated heterocycles. The average Bonchev–Trinajstić information content (AvgIpc) is 3.25. The third-order valence-electron chi connectivity index (χ3n) is 3.38. The molecule has 0 heterocycles. The van der Waals surface area contributed by atoms with Crippen molar-refractivity contribution in [1.29, 1.82) is 0 Å². The van der Waals surface area contributed by atoms with Crippen LogP contribution in [0, 0.1) is 5.92 Å². The minimum atomic E-state index is 0.474. The summed E-state index contributed by atoms with van der Waals surface area (Å²) in [6.07, 6.45) is 3.64. The zero-order valence-electron chi connectivity index (χ0n) is 12.9. The molecule has 1 fully saturated rings. The van der Waals surface area contributed by atoms with E-state index < -0.39 is 0 Å². The van der Waals surface area contributed by atoms with Gasteiger partial charge in [0.05, 0.1) is 13.2 Å². The van der Waals surface area contributed by atoms with E-state index in [1.165, 1.54) is 18.4 Å². The van der Waals surface area contributed by atoms with Crippen LogP contribution in [0.3, 0.4) is 0 Å². The zero-order valence-corrected chi connectivity index (χ0v) is 12.9. The van der Waals surface area contributed by atoms with Crippen LogP contribution < -0.4 is 14.8 Å². The summed E-state index contributed by atoms with van der Waals surface area (Å²) in [5.41, 5.74) is 1.21. The second kappa shape index (κ2) is 7.53. The van der Waals surface area contributed by atoms with Gasteiger partial charge in [-0.3, -0.25) is 0 Å². The summed E-state index contributed by atoms with van der Waals surface area (Å²) in [5, 5.41) is 3.45. The second-order valence-corrected chi connectivity index (χ2v) is 5.91. The van der Waals surface area contributed by atoms with Crippen molar-refractivity contribution in [2.75, 3.05) is 13.2 Å². The lowest BCUT2D eigenvalue weighted by atomic mass is 10.1. The van der Waals surface area contributed by atoms with Crippen LogP contribution in [-0.2, 0) is 6.54 Å². The van der Waals surface area contributed by atoms with Crippen molar-refractivity contribution in [3.63, 3.8) is 0 Å². The number of hydrogen-bond acceptors (Lipinski definition) is 3. The molecule has 0 aromatic heterocycles. The predicted octanol–water partition coefficient (Wildman–Crippen LogP) is 3.76. The fourth-order valence-corrected chi connectivity index (χ4v) is 1.93. The Labute approximate surface area is 122 Å². The lowest BCUT2D eigenvalue weighted by molar-refractivity contribution is 0.287. The van der Waals surface area contributed by atoms with E-state index in [0.29, 0.717) is 6.04 Å².